The highest BCUT2D eigenvalue weighted by Gasteiger charge is 2.08. The van der Waals surface area contributed by atoms with Crippen molar-refractivity contribution in [1.29, 1.82) is 0 Å². The van der Waals surface area contributed by atoms with Gasteiger partial charge in [0.15, 0.2) is 0 Å². The topological polar surface area (TPSA) is 12.9 Å². The van der Waals surface area contributed by atoms with Crippen LogP contribution in [0.4, 0.5) is 0 Å². The molecule has 4 heteroatoms. The summed E-state index contributed by atoms with van der Waals surface area (Å²) in [5.74, 6) is 0. The maximum absolute atomic E-state index is 6.19. The Balaban J connectivity index is 2.61. The molecule has 0 radical (unpaired) electrons. The Morgan fingerprint density at radius 2 is 2.13 bits per heavy atom. The first kappa shape index (κ1) is 9.58. The second-order valence-electron chi connectivity index (χ2n) is 3.24. The van der Waals surface area contributed by atoms with Crippen molar-refractivity contribution in [3.8, 4) is 0 Å². The van der Waals surface area contributed by atoms with Gasteiger partial charge in [-0.15, -0.1) is 11.3 Å². The number of fused-ring (bicyclic) bond motifs is 3. The standard InChI is InChI=1S/C11H5BrClNS/c12-6-3-8-7-1-2-14-5-10(7)15-11(8)9(13)4-6/h1-5H. The number of rotatable bonds is 0. The molecule has 1 nitrogen and oxygen atoms in total. The molecular formula is C11H5BrClNS. The lowest BCUT2D eigenvalue weighted by Crippen LogP contribution is -1.70. The van der Waals surface area contributed by atoms with Crippen LogP contribution < -0.4 is 0 Å². The van der Waals surface area contributed by atoms with Crippen molar-refractivity contribution >= 4 is 59.0 Å². The fourth-order valence-corrected chi connectivity index (χ4v) is 3.64. The number of pyridine rings is 1. The van der Waals surface area contributed by atoms with Gasteiger partial charge in [-0.3, -0.25) is 4.98 Å². The summed E-state index contributed by atoms with van der Waals surface area (Å²) < 4.78 is 3.31. The van der Waals surface area contributed by atoms with E-state index in [9.17, 15) is 0 Å². The minimum Gasteiger partial charge on any atom is -0.263 e. The molecule has 0 aliphatic heterocycles. The lowest BCUT2D eigenvalue weighted by atomic mass is 10.2. The minimum absolute atomic E-state index is 0.792. The molecule has 0 fully saturated rings. The van der Waals surface area contributed by atoms with Gasteiger partial charge in [-0.25, -0.2) is 0 Å². The highest BCUT2D eigenvalue weighted by molar-refractivity contribution is 9.10. The number of aromatic nitrogens is 1. The zero-order valence-corrected chi connectivity index (χ0v) is 10.7. The van der Waals surface area contributed by atoms with E-state index < -0.39 is 0 Å². The molecule has 0 amide bonds. The van der Waals surface area contributed by atoms with Crippen LogP contribution in [0.5, 0.6) is 0 Å². The van der Waals surface area contributed by atoms with E-state index >= 15 is 0 Å². The van der Waals surface area contributed by atoms with Crippen LogP contribution in [-0.4, -0.2) is 4.98 Å². The molecule has 74 valence electrons. The number of hydrogen-bond acceptors (Lipinski definition) is 2. The van der Waals surface area contributed by atoms with Gasteiger partial charge >= 0.3 is 0 Å². The number of hydrogen-bond donors (Lipinski definition) is 0. The molecule has 0 bridgehead atoms. The molecule has 0 aliphatic carbocycles. The highest BCUT2D eigenvalue weighted by atomic mass is 79.9. The summed E-state index contributed by atoms with van der Waals surface area (Å²) in [4.78, 5) is 4.12. The van der Waals surface area contributed by atoms with E-state index in [1.165, 1.54) is 15.5 Å². The summed E-state index contributed by atoms with van der Waals surface area (Å²) in [5, 5.41) is 3.20. The van der Waals surface area contributed by atoms with Gasteiger partial charge in [-0.2, -0.15) is 0 Å². The van der Waals surface area contributed by atoms with E-state index in [1.807, 2.05) is 24.5 Å². The van der Waals surface area contributed by atoms with Crippen LogP contribution in [-0.2, 0) is 0 Å². The maximum Gasteiger partial charge on any atom is 0.0595 e. The average molecular weight is 299 g/mol. The van der Waals surface area contributed by atoms with Gasteiger partial charge in [0.25, 0.3) is 0 Å². The molecule has 0 saturated heterocycles. The zero-order valence-electron chi connectivity index (χ0n) is 7.50. The van der Waals surface area contributed by atoms with E-state index in [0.29, 0.717) is 0 Å². The van der Waals surface area contributed by atoms with Crippen molar-refractivity contribution in [2.75, 3.05) is 0 Å². The molecule has 0 unspecified atom stereocenters. The van der Waals surface area contributed by atoms with E-state index in [1.54, 1.807) is 11.3 Å². The summed E-state index contributed by atoms with van der Waals surface area (Å²) >= 11 is 11.3. The smallest absolute Gasteiger partial charge is 0.0595 e. The van der Waals surface area contributed by atoms with Crippen LogP contribution in [0.25, 0.3) is 20.2 Å². The van der Waals surface area contributed by atoms with Crippen LogP contribution in [0, 0.1) is 0 Å². The second-order valence-corrected chi connectivity index (χ2v) is 5.61. The Morgan fingerprint density at radius 1 is 1.27 bits per heavy atom. The molecule has 1 aromatic carbocycles. The predicted octanol–water partition coefficient (Wildman–Crippen LogP) is 4.87. The van der Waals surface area contributed by atoms with Crippen molar-refractivity contribution in [3.05, 3.63) is 40.1 Å². The molecule has 15 heavy (non-hydrogen) atoms. The summed E-state index contributed by atoms with van der Waals surface area (Å²) in [5.41, 5.74) is 0. The number of benzene rings is 1. The largest absolute Gasteiger partial charge is 0.263 e. The van der Waals surface area contributed by atoms with Crippen molar-refractivity contribution in [1.82, 2.24) is 4.98 Å². The second kappa shape index (κ2) is 3.44. The summed E-state index contributed by atoms with van der Waals surface area (Å²) in [7, 11) is 0. The third-order valence-corrected chi connectivity index (χ3v) is 4.35. The highest BCUT2D eigenvalue weighted by Crippen LogP contribution is 2.39. The van der Waals surface area contributed by atoms with Gasteiger partial charge in [0.2, 0.25) is 0 Å². The molecule has 2 aromatic heterocycles. The molecule has 2 heterocycles. The Bertz CT molecular complexity index is 662. The monoisotopic (exact) mass is 297 g/mol. The third kappa shape index (κ3) is 1.46. The van der Waals surface area contributed by atoms with Crippen LogP contribution in [0.2, 0.25) is 5.02 Å². The van der Waals surface area contributed by atoms with E-state index in [-0.39, 0.29) is 0 Å². The van der Waals surface area contributed by atoms with Crippen molar-refractivity contribution in [3.63, 3.8) is 0 Å². The summed E-state index contributed by atoms with van der Waals surface area (Å²) in [6, 6.07) is 6.05. The van der Waals surface area contributed by atoms with Crippen LogP contribution in [0.3, 0.4) is 0 Å². The molecule has 0 saturated carbocycles. The van der Waals surface area contributed by atoms with Crippen LogP contribution in [0.1, 0.15) is 0 Å². The number of halogens is 2. The van der Waals surface area contributed by atoms with Crippen LogP contribution >= 0.6 is 38.9 Å². The van der Waals surface area contributed by atoms with Gasteiger partial charge in [-0.05, 0) is 18.2 Å². The summed E-state index contributed by atoms with van der Waals surface area (Å²) in [6.07, 6.45) is 3.69. The van der Waals surface area contributed by atoms with Crippen molar-refractivity contribution in [2.45, 2.75) is 0 Å². The Kier molecular flexibility index (Phi) is 2.20. The Hall–Kier alpha value is -0.640. The normalized spacial score (nSPS) is 11.3. The molecule has 0 aliphatic rings. The fourth-order valence-electron chi connectivity index (χ4n) is 1.66. The van der Waals surface area contributed by atoms with Gasteiger partial charge in [0.05, 0.1) is 14.4 Å². The lowest BCUT2D eigenvalue weighted by Gasteiger charge is -1.95. The van der Waals surface area contributed by atoms with E-state index in [4.69, 9.17) is 11.6 Å². The molecular weight excluding hydrogens is 294 g/mol. The quantitative estimate of drug-likeness (QED) is 0.577. The molecule has 0 spiro atoms. The first-order valence-corrected chi connectivity index (χ1v) is 6.36. The molecule has 0 atom stereocenters. The maximum atomic E-state index is 6.19. The minimum atomic E-state index is 0.792. The van der Waals surface area contributed by atoms with Crippen molar-refractivity contribution < 1.29 is 0 Å². The number of thiophene rings is 1. The van der Waals surface area contributed by atoms with Crippen molar-refractivity contribution in [2.24, 2.45) is 0 Å². The van der Waals surface area contributed by atoms with Gasteiger partial charge < -0.3 is 0 Å². The fraction of sp³-hybridized carbons (Fsp3) is 0. The SMILES string of the molecule is Clc1cc(Br)cc2c1sc1cnccc12. The van der Waals surface area contributed by atoms with E-state index in [2.05, 4.69) is 27.0 Å². The average Bonchev–Trinajstić information content (AvgIpc) is 2.57. The zero-order chi connectivity index (χ0) is 10.4. The van der Waals surface area contributed by atoms with Gasteiger partial charge in [-0.1, -0.05) is 27.5 Å². The Morgan fingerprint density at radius 3 is 3.00 bits per heavy atom. The Labute approximate surface area is 104 Å². The first-order chi connectivity index (χ1) is 7.25. The summed E-state index contributed by atoms with van der Waals surface area (Å²) in [6.45, 7) is 0. The molecule has 0 N–H and O–H groups in total. The van der Waals surface area contributed by atoms with E-state index in [0.717, 1.165) is 14.2 Å². The first-order valence-electron chi connectivity index (χ1n) is 4.37. The molecule has 3 rings (SSSR count). The molecule has 3 aromatic rings. The number of nitrogens with zero attached hydrogens (tertiary/aromatic N) is 1. The third-order valence-electron chi connectivity index (χ3n) is 2.30. The predicted molar refractivity (Wildman–Crippen MR) is 69.8 cm³/mol. The van der Waals surface area contributed by atoms with Gasteiger partial charge in [0.1, 0.15) is 0 Å². The lowest BCUT2D eigenvalue weighted by molar-refractivity contribution is 1.37. The van der Waals surface area contributed by atoms with Crippen LogP contribution in [0.15, 0.2) is 35.1 Å². The van der Waals surface area contributed by atoms with Gasteiger partial charge in [0, 0.05) is 27.6 Å².